The molecule has 122 valence electrons. The van der Waals surface area contributed by atoms with E-state index in [4.69, 9.17) is 11.6 Å². The van der Waals surface area contributed by atoms with E-state index in [9.17, 15) is 9.59 Å². The molecular formula is C19H17ClN2O2. The number of benzene rings is 2. The number of fused-ring (bicyclic) bond motifs is 1. The van der Waals surface area contributed by atoms with Gasteiger partial charge in [0.2, 0.25) is 0 Å². The zero-order valence-corrected chi connectivity index (χ0v) is 14.0. The molecule has 1 aromatic heterocycles. The minimum atomic E-state index is -0.242. The number of rotatable bonds is 4. The van der Waals surface area contributed by atoms with E-state index in [0.29, 0.717) is 29.1 Å². The van der Waals surface area contributed by atoms with Gasteiger partial charge in [-0.1, -0.05) is 35.9 Å². The van der Waals surface area contributed by atoms with Crippen molar-refractivity contribution in [3.63, 3.8) is 0 Å². The maximum Gasteiger partial charge on any atom is 0.252 e. The third kappa shape index (κ3) is 3.49. The van der Waals surface area contributed by atoms with Gasteiger partial charge in [-0.15, -0.1) is 0 Å². The highest BCUT2D eigenvalue weighted by atomic mass is 35.5. The van der Waals surface area contributed by atoms with E-state index in [1.54, 1.807) is 24.3 Å². The van der Waals surface area contributed by atoms with E-state index in [2.05, 4.69) is 10.3 Å². The number of hydrogen-bond donors (Lipinski definition) is 2. The van der Waals surface area contributed by atoms with Gasteiger partial charge in [0.1, 0.15) is 0 Å². The van der Waals surface area contributed by atoms with Gasteiger partial charge in [-0.2, -0.15) is 0 Å². The molecule has 0 radical (unpaired) electrons. The Labute approximate surface area is 144 Å². The van der Waals surface area contributed by atoms with Crippen LogP contribution in [0, 0.1) is 6.92 Å². The Balaban J connectivity index is 1.71. The Bertz CT molecular complexity index is 963. The van der Waals surface area contributed by atoms with Crippen LogP contribution in [0.25, 0.3) is 10.9 Å². The van der Waals surface area contributed by atoms with Crippen molar-refractivity contribution in [3.05, 3.63) is 80.6 Å². The van der Waals surface area contributed by atoms with Gasteiger partial charge < -0.3 is 10.3 Å². The van der Waals surface area contributed by atoms with Crippen LogP contribution in [0.5, 0.6) is 0 Å². The van der Waals surface area contributed by atoms with Gasteiger partial charge in [0.05, 0.1) is 10.6 Å². The van der Waals surface area contributed by atoms with Crippen LogP contribution < -0.4 is 10.9 Å². The zero-order valence-electron chi connectivity index (χ0n) is 13.2. The van der Waals surface area contributed by atoms with Crippen molar-refractivity contribution in [2.24, 2.45) is 0 Å². The summed E-state index contributed by atoms with van der Waals surface area (Å²) in [6.07, 6.45) is 0.454. The van der Waals surface area contributed by atoms with Crippen LogP contribution >= 0.6 is 11.6 Å². The van der Waals surface area contributed by atoms with Crippen LogP contribution in [0.4, 0.5) is 0 Å². The molecule has 1 amide bonds. The lowest BCUT2D eigenvalue weighted by Gasteiger charge is -2.07. The van der Waals surface area contributed by atoms with Crippen LogP contribution in [0.1, 0.15) is 21.5 Å². The molecule has 0 saturated heterocycles. The summed E-state index contributed by atoms with van der Waals surface area (Å²) in [6, 6.07) is 14.7. The molecule has 0 spiro atoms. The van der Waals surface area contributed by atoms with Crippen molar-refractivity contribution in [1.82, 2.24) is 10.3 Å². The number of aromatic amines is 1. The summed E-state index contributed by atoms with van der Waals surface area (Å²) in [6.45, 7) is 2.35. The minimum absolute atomic E-state index is 0.125. The van der Waals surface area contributed by atoms with E-state index in [1.165, 1.54) is 0 Å². The molecule has 0 aliphatic rings. The standard InChI is InChI=1S/C19H17ClN2O2/c1-12-6-7-13-11-14(18(23)22-17(13)10-12)8-9-21-19(24)15-4-2-3-5-16(15)20/h2-7,10-11H,8-9H2,1H3,(H,21,24)(H,22,23). The zero-order chi connectivity index (χ0) is 17.1. The summed E-state index contributed by atoms with van der Waals surface area (Å²) < 4.78 is 0. The molecule has 5 heteroatoms. The summed E-state index contributed by atoms with van der Waals surface area (Å²) in [5, 5.41) is 4.19. The number of nitrogens with one attached hydrogen (secondary N) is 2. The van der Waals surface area contributed by atoms with Gasteiger partial charge >= 0.3 is 0 Å². The minimum Gasteiger partial charge on any atom is -0.352 e. The second-order valence-electron chi connectivity index (χ2n) is 5.70. The molecule has 3 aromatic rings. The quantitative estimate of drug-likeness (QED) is 0.764. The van der Waals surface area contributed by atoms with E-state index in [0.717, 1.165) is 16.5 Å². The van der Waals surface area contributed by atoms with Crippen LogP contribution in [0.3, 0.4) is 0 Å². The molecule has 0 atom stereocenters. The molecule has 24 heavy (non-hydrogen) atoms. The monoisotopic (exact) mass is 340 g/mol. The first-order valence-corrected chi connectivity index (χ1v) is 8.08. The lowest BCUT2D eigenvalue weighted by atomic mass is 10.1. The lowest BCUT2D eigenvalue weighted by Crippen LogP contribution is -2.27. The molecule has 0 aliphatic carbocycles. The molecule has 0 bridgehead atoms. The third-order valence-electron chi connectivity index (χ3n) is 3.88. The summed E-state index contributed by atoms with van der Waals surface area (Å²) in [5.41, 5.74) is 2.87. The van der Waals surface area contributed by atoms with E-state index in [-0.39, 0.29) is 11.5 Å². The summed E-state index contributed by atoms with van der Waals surface area (Å²) in [4.78, 5) is 27.2. The van der Waals surface area contributed by atoms with E-state index >= 15 is 0 Å². The molecule has 3 rings (SSSR count). The first-order valence-electron chi connectivity index (χ1n) is 7.70. The van der Waals surface area contributed by atoms with Crippen molar-refractivity contribution >= 4 is 28.4 Å². The normalized spacial score (nSPS) is 10.8. The Morgan fingerprint density at radius 1 is 1.17 bits per heavy atom. The average molecular weight is 341 g/mol. The fourth-order valence-electron chi connectivity index (χ4n) is 2.60. The summed E-state index contributed by atoms with van der Waals surface area (Å²) in [5.74, 6) is -0.242. The first kappa shape index (κ1) is 16.3. The molecule has 1 heterocycles. The number of carbonyl (C=O) groups excluding carboxylic acids is 1. The lowest BCUT2D eigenvalue weighted by molar-refractivity contribution is 0.0954. The first-order chi connectivity index (χ1) is 11.5. The molecule has 2 N–H and O–H groups in total. The van der Waals surface area contributed by atoms with E-state index in [1.807, 2.05) is 31.2 Å². The predicted octanol–water partition coefficient (Wildman–Crippen LogP) is 3.46. The topological polar surface area (TPSA) is 62.0 Å². The number of amides is 1. The van der Waals surface area contributed by atoms with Gasteiger partial charge in [-0.3, -0.25) is 9.59 Å². The highest BCUT2D eigenvalue weighted by Crippen LogP contribution is 2.15. The van der Waals surface area contributed by atoms with Gasteiger partial charge in [0.15, 0.2) is 0 Å². The maximum atomic E-state index is 12.2. The number of pyridine rings is 1. The third-order valence-corrected chi connectivity index (χ3v) is 4.21. The maximum absolute atomic E-state index is 12.2. The molecule has 4 nitrogen and oxygen atoms in total. The van der Waals surface area contributed by atoms with Crippen molar-refractivity contribution in [2.75, 3.05) is 6.54 Å². The fourth-order valence-corrected chi connectivity index (χ4v) is 2.82. The van der Waals surface area contributed by atoms with Crippen LogP contribution in [-0.2, 0) is 6.42 Å². The Kier molecular flexibility index (Phi) is 4.67. The Morgan fingerprint density at radius 3 is 2.75 bits per heavy atom. The fraction of sp³-hybridized carbons (Fsp3) is 0.158. The van der Waals surface area contributed by atoms with Crippen molar-refractivity contribution < 1.29 is 4.79 Å². The molecule has 0 fully saturated rings. The second kappa shape index (κ2) is 6.89. The predicted molar refractivity (Wildman–Crippen MR) is 96.8 cm³/mol. The number of hydrogen-bond acceptors (Lipinski definition) is 2. The number of aryl methyl sites for hydroxylation is 1. The van der Waals surface area contributed by atoms with Crippen LogP contribution in [0.15, 0.2) is 53.3 Å². The Morgan fingerprint density at radius 2 is 1.96 bits per heavy atom. The Hall–Kier alpha value is -2.59. The summed E-state index contributed by atoms with van der Waals surface area (Å²) >= 11 is 6.00. The number of carbonyl (C=O) groups is 1. The number of H-pyrrole nitrogens is 1. The van der Waals surface area contributed by atoms with Gasteiger partial charge in [-0.05, 0) is 48.6 Å². The highest BCUT2D eigenvalue weighted by molar-refractivity contribution is 6.33. The molecular weight excluding hydrogens is 324 g/mol. The van der Waals surface area contributed by atoms with Gasteiger partial charge in [0, 0.05) is 17.6 Å². The average Bonchev–Trinajstić information content (AvgIpc) is 2.55. The smallest absolute Gasteiger partial charge is 0.252 e. The van der Waals surface area contributed by atoms with Gasteiger partial charge in [-0.25, -0.2) is 0 Å². The van der Waals surface area contributed by atoms with Crippen molar-refractivity contribution in [3.8, 4) is 0 Å². The molecule has 0 unspecified atom stereocenters. The van der Waals surface area contributed by atoms with Crippen molar-refractivity contribution in [1.29, 1.82) is 0 Å². The highest BCUT2D eigenvalue weighted by Gasteiger charge is 2.09. The van der Waals surface area contributed by atoms with Gasteiger partial charge in [0.25, 0.3) is 11.5 Å². The second-order valence-corrected chi connectivity index (χ2v) is 6.11. The summed E-state index contributed by atoms with van der Waals surface area (Å²) in [7, 11) is 0. The van der Waals surface area contributed by atoms with E-state index < -0.39 is 0 Å². The number of aromatic nitrogens is 1. The van der Waals surface area contributed by atoms with Crippen molar-refractivity contribution in [2.45, 2.75) is 13.3 Å². The number of halogens is 1. The molecule has 2 aromatic carbocycles. The van der Waals surface area contributed by atoms with Crippen LogP contribution in [-0.4, -0.2) is 17.4 Å². The van der Waals surface area contributed by atoms with Crippen LogP contribution in [0.2, 0.25) is 5.02 Å². The SMILES string of the molecule is Cc1ccc2cc(CCNC(=O)c3ccccc3Cl)c(=O)[nH]c2c1. The largest absolute Gasteiger partial charge is 0.352 e. The molecule has 0 saturated carbocycles. The molecule has 0 aliphatic heterocycles.